The monoisotopic (exact) mass is 385 g/mol. The Morgan fingerprint density at radius 2 is 1.75 bits per heavy atom. The van der Waals surface area contributed by atoms with Crippen LogP contribution >= 0.6 is 0 Å². The maximum absolute atomic E-state index is 6.14. The summed E-state index contributed by atoms with van der Waals surface area (Å²) >= 11 is 0. The van der Waals surface area contributed by atoms with Gasteiger partial charge < -0.3 is 24.7 Å². The molecule has 152 valence electrons. The van der Waals surface area contributed by atoms with Gasteiger partial charge in [-0.25, -0.2) is 0 Å². The summed E-state index contributed by atoms with van der Waals surface area (Å²) in [5.74, 6) is 3.11. The molecule has 5 nitrogen and oxygen atoms in total. The van der Waals surface area contributed by atoms with Gasteiger partial charge in [-0.1, -0.05) is 31.6 Å². The Hall–Kier alpha value is -2.82. The van der Waals surface area contributed by atoms with Crippen LogP contribution in [0.1, 0.15) is 31.9 Å². The average molecular weight is 386 g/mol. The van der Waals surface area contributed by atoms with Crippen molar-refractivity contribution in [3.63, 3.8) is 0 Å². The van der Waals surface area contributed by atoms with E-state index in [1.165, 1.54) is 5.57 Å². The Bertz CT molecular complexity index is 828. The van der Waals surface area contributed by atoms with E-state index in [1.807, 2.05) is 31.2 Å². The van der Waals surface area contributed by atoms with Gasteiger partial charge in [-0.15, -0.1) is 0 Å². The van der Waals surface area contributed by atoms with Gasteiger partial charge in [0.1, 0.15) is 11.5 Å². The minimum absolute atomic E-state index is 0.342. The molecule has 0 bridgehead atoms. The first kappa shape index (κ1) is 21.5. The first-order valence-electron chi connectivity index (χ1n) is 9.45. The lowest BCUT2D eigenvalue weighted by molar-refractivity contribution is 0.342. The van der Waals surface area contributed by atoms with E-state index in [0.29, 0.717) is 29.7 Å². The van der Waals surface area contributed by atoms with Crippen molar-refractivity contribution < 1.29 is 18.9 Å². The van der Waals surface area contributed by atoms with E-state index in [1.54, 1.807) is 21.3 Å². The van der Waals surface area contributed by atoms with E-state index in [0.717, 1.165) is 29.0 Å². The number of nitrogen functional groups attached to an aromatic ring is 1. The van der Waals surface area contributed by atoms with Gasteiger partial charge in [0.2, 0.25) is 0 Å². The molecular weight excluding hydrogens is 354 g/mol. The van der Waals surface area contributed by atoms with Gasteiger partial charge in [-0.3, -0.25) is 0 Å². The summed E-state index contributed by atoms with van der Waals surface area (Å²) in [4.78, 5) is 0. The van der Waals surface area contributed by atoms with Crippen LogP contribution in [0.5, 0.6) is 23.0 Å². The number of benzene rings is 2. The molecule has 0 spiro atoms. The summed E-state index contributed by atoms with van der Waals surface area (Å²) in [5.41, 5.74) is 10.1. The highest BCUT2D eigenvalue weighted by atomic mass is 16.5. The maximum Gasteiger partial charge on any atom is 0.168 e. The summed E-state index contributed by atoms with van der Waals surface area (Å²) < 4.78 is 22.0. The standard InChI is InChI=1S/C23H31NO4/c1-7-28-21-9-8-16(11-20(21)24)10-17(15(2)3)12-18-13-19(25-4)14-22(26-5)23(18)27-6/h8-9,11-15H,7,10,24H2,1-6H3/b17-12+. The number of allylic oxidation sites excluding steroid dienone is 1. The van der Waals surface area contributed by atoms with Crippen molar-refractivity contribution in [1.29, 1.82) is 0 Å². The van der Waals surface area contributed by atoms with Crippen molar-refractivity contribution in [3.8, 4) is 23.0 Å². The molecule has 0 saturated carbocycles. The highest BCUT2D eigenvalue weighted by molar-refractivity contribution is 5.67. The zero-order valence-electron chi connectivity index (χ0n) is 17.7. The molecule has 0 aliphatic heterocycles. The fourth-order valence-electron chi connectivity index (χ4n) is 3.04. The van der Waals surface area contributed by atoms with Gasteiger partial charge in [0.05, 0.1) is 33.6 Å². The molecule has 0 radical (unpaired) electrons. The Labute approximate surface area is 168 Å². The molecular formula is C23H31NO4. The van der Waals surface area contributed by atoms with Crippen molar-refractivity contribution in [2.24, 2.45) is 5.92 Å². The molecule has 5 heteroatoms. The molecule has 0 heterocycles. The van der Waals surface area contributed by atoms with Gasteiger partial charge >= 0.3 is 0 Å². The molecule has 0 saturated heterocycles. The predicted octanol–water partition coefficient (Wildman–Crippen LogP) is 4.98. The van der Waals surface area contributed by atoms with Crippen molar-refractivity contribution in [2.45, 2.75) is 27.2 Å². The van der Waals surface area contributed by atoms with E-state index in [2.05, 4.69) is 26.0 Å². The van der Waals surface area contributed by atoms with Gasteiger partial charge in [-0.2, -0.15) is 0 Å². The van der Waals surface area contributed by atoms with Gasteiger partial charge in [0, 0.05) is 11.6 Å². The summed E-state index contributed by atoms with van der Waals surface area (Å²) in [7, 11) is 4.90. The van der Waals surface area contributed by atoms with Crippen molar-refractivity contribution in [2.75, 3.05) is 33.7 Å². The molecule has 28 heavy (non-hydrogen) atoms. The molecule has 2 aromatic rings. The molecule has 0 atom stereocenters. The first-order chi connectivity index (χ1) is 13.4. The SMILES string of the molecule is CCOc1ccc(C/C(=C\c2cc(OC)cc(OC)c2OC)C(C)C)cc1N. The highest BCUT2D eigenvalue weighted by Gasteiger charge is 2.14. The lowest BCUT2D eigenvalue weighted by Crippen LogP contribution is -2.02. The van der Waals surface area contributed by atoms with E-state index in [4.69, 9.17) is 24.7 Å². The Balaban J connectivity index is 2.44. The second-order valence-electron chi connectivity index (χ2n) is 6.81. The molecule has 0 aliphatic carbocycles. The molecule has 2 rings (SSSR count). The van der Waals surface area contributed by atoms with Gasteiger partial charge in [0.15, 0.2) is 11.5 Å². The van der Waals surface area contributed by atoms with Crippen molar-refractivity contribution in [1.82, 2.24) is 0 Å². The molecule has 0 unspecified atom stereocenters. The van der Waals surface area contributed by atoms with Crippen LogP contribution in [0.15, 0.2) is 35.9 Å². The van der Waals surface area contributed by atoms with Gasteiger partial charge in [-0.05, 0) is 43.0 Å². The van der Waals surface area contributed by atoms with Crippen molar-refractivity contribution in [3.05, 3.63) is 47.0 Å². The highest BCUT2D eigenvalue weighted by Crippen LogP contribution is 2.38. The lowest BCUT2D eigenvalue weighted by Gasteiger charge is -2.17. The summed E-state index contributed by atoms with van der Waals surface area (Å²) in [6.45, 7) is 6.89. The second-order valence-corrected chi connectivity index (χ2v) is 6.81. The number of rotatable bonds is 9. The van der Waals surface area contributed by atoms with Crippen molar-refractivity contribution >= 4 is 11.8 Å². The maximum atomic E-state index is 6.14. The van der Waals surface area contributed by atoms with E-state index < -0.39 is 0 Å². The van der Waals surface area contributed by atoms with Crippen LogP contribution in [0.25, 0.3) is 6.08 Å². The molecule has 0 aromatic heterocycles. The number of hydrogen-bond donors (Lipinski definition) is 1. The van der Waals surface area contributed by atoms with Crippen LogP contribution in [0.4, 0.5) is 5.69 Å². The number of hydrogen-bond acceptors (Lipinski definition) is 5. The fourth-order valence-corrected chi connectivity index (χ4v) is 3.04. The number of nitrogens with two attached hydrogens (primary N) is 1. The molecule has 0 amide bonds. The van der Waals surface area contributed by atoms with E-state index in [9.17, 15) is 0 Å². The zero-order chi connectivity index (χ0) is 20.7. The van der Waals surface area contributed by atoms with E-state index >= 15 is 0 Å². The summed E-state index contributed by atoms with van der Waals surface area (Å²) in [5, 5.41) is 0. The Morgan fingerprint density at radius 3 is 2.29 bits per heavy atom. The summed E-state index contributed by atoms with van der Waals surface area (Å²) in [6.07, 6.45) is 2.91. The molecule has 0 aliphatic rings. The third-order valence-electron chi connectivity index (χ3n) is 4.58. The number of anilines is 1. The third kappa shape index (κ3) is 5.12. The quantitative estimate of drug-likeness (QED) is 0.617. The molecule has 2 N–H and O–H groups in total. The van der Waals surface area contributed by atoms with Crippen LogP contribution in [0.3, 0.4) is 0 Å². The molecule has 0 fully saturated rings. The van der Waals surface area contributed by atoms with Crippen LogP contribution in [-0.4, -0.2) is 27.9 Å². The fraction of sp³-hybridized carbons (Fsp3) is 0.391. The molecule has 2 aromatic carbocycles. The van der Waals surface area contributed by atoms with Crippen LogP contribution in [-0.2, 0) is 6.42 Å². The smallest absolute Gasteiger partial charge is 0.168 e. The number of methoxy groups -OCH3 is 3. The topological polar surface area (TPSA) is 62.9 Å². The van der Waals surface area contributed by atoms with Crippen LogP contribution < -0.4 is 24.7 Å². The number of ether oxygens (including phenoxy) is 4. The third-order valence-corrected chi connectivity index (χ3v) is 4.58. The average Bonchev–Trinajstić information content (AvgIpc) is 2.68. The van der Waals surface area contributed by atoms with Crippen LogP contribution in [0.2, 0.25) is 0 Å². The normalized spacial score (nSPS) is 11.5. The Morgan fingerprint density at radius 1 is 1.00 bits per heavy atom. The minimum atomic E-state index is 0.342. The first-order valence-corrected chi connectivity index (χ1v) is 9.45. The largest absolute Gasteiger partial charge is 0.497 e. The Kier molecular flexibility index (Phi) is 7.61. The lowest BCUT2D eigenvalue weighted by atomic mass is 9.93. The second kappa shape index (κ2) is 9.93. The van der Waals surface area contributed by atoms with Crippen LogP contribution in [0, 0.1) is 5.92 Å². The summed E-state index contributed by atoms with van der Waals surface area (Å²) in [6, 6.07) is 9.74. The predicted molar refractivity (Wildman–Crippen MR) is 115 cm³/mol. The van der Waals surface area contributed by atoms with Gasteiger partial charge in [0.25, 0.3) is 0 Å². The minimum Gasteiger partial charge on any atom is -0.497 e. The zero-order valence-corrected chi connectivity index (χ0v) is 17.7. The van der Waals surface area contributed by atoms with E-state index in [-0.39, 0.29) is 0 Å².